The van der Waals surface area contributed by atoms with Crippen LogP contribution < -0.4 is 15.0 Å². The quantitative estimate of drug-likeness (QED) is 0.633. The molecule has 0 aliphatic carbocycles. The number of anilines is 2. The Balaban J connectivity index is 1.84. The molecule has 2 amide bonds. The van der Waals surface area contributed by atoms with Gasteiger partial charge in [-0.2, -0.15) is 0 Å². The zero-order valence-electron chi connectivity index (χ0n) is 17.1. The Kier molecular flexibility index (Phi) is 5.11. The summed E-state index contributed by atoms with van der Waals surface area (Å²) < 4.78 is 5.27. The van der Waals surface area contributed by atoms with Gasteiger partial charge in [-0.05, 0) is 48.7 Å². The maximum absolute atomic E-state index is 13.4. The van der Waals surface area contributed by atoms with E-state index in [0.29, 0.717) is 22.6 Å². The lowest BCUT2D eigenvalue weighted by molar-refractivity contribution is -0.120. The largest absolute Gasteiger partial charge is 0.497 e. The summed E-state index contributed by atoms with van der Waals surface area (Å²) in [5, 5.41) is 3.24. The van der Waals surface area contributed by atoms with Gasteiger partial charge in [-0.1, -0.05) is 48.5 Å². The lowest BCUT2D eigenvalue weighted by atomic mass is 10.0. The molecule has 1 N–H and O–H groups in total. The van der Waals surface area contributed by atoms with Crippen LogP contribution in [-0.4, -0.2) is 18.9 Å². The molecule has 1 aliphatic rings. The fraction of sp³-hybridized carbons (Fsp3) is 0.120. The number of ether oxygens (including phenoxy) is 1. The molecule has 150 valence electrons. The van der Waals surface area contributed by atoms with Gasteiger partial charge in [0.25, 0.3) is 11.8 Å². The fourth-order valence-corrected chi connectivity index (χ4v) is 3.52. The van der Waals surface area contributed by atoms with E-state index in [9.17, 15) is 9.59 Å². The van der Waals surface area contributed by atoms with Crippen LogP contribution in [-0.2, 0) is 9.59 Å². The van der Waals surface area contributed by atoms with Crippen LogP contribution in [0.1, 0.15) is 16.7 Å². The third-order valence-electron chi connectivity index (χ3n) is 5.32. The molecule has 0 saturated carbocycles. The number of amides is 2. The summed E-state index contributed by atoms with van der Waals surface area (Å²) >= 11 is 0. The van der Waals surface area contributed by atoms with Gasteiger partial charge in [0.15, 0.2) is 0 Å². The topological polar surface area (TPSA) is 58.6 Å². The standard InChI is InChI=1S/C25H22N2O3/c1-16-9-7-14-21(17(16)2)26-23-22(18-10-5-4-6-11-18)24(28)27(25(23)29)19-12-8-13-20(15-19)30-3/h4-15,26H,1-3H3. The van der Waals surface area contributed by atoms with Crippen LogP contribution in [0.25, 0.3) is 5.57 Å². The number of hydrogen-bond acceptors (Lipinski definition) is 4. The number of imide groups is 1. The molecule has 1 heterocycles. The van der Waals surface area contributed by atoms with Crippen LogP contribution in [0.4, 0.5) is 11.4 Å². The molecule has 0 spiro atoms. The van der Waals surface area contributed by atoms with Crippen LogP contribution in [0, 0.1) is 13.8 Å². The second kappa shape index (κ2) is 7.87. The number of benzene rings is 3. The molecule has 0 aromatic heterocycles. The first-order valence-electron chi connectivity index (χ1n) is 9.67. The first kappa shape index (κ1) is 19.5. The van der Waals surface area contributed by atoms with Gasteiger partial charge in [0.2, 0.25) is 0 Å². The minimum atomic E-state index is -0.395. The predicted octanol–water partition coefficient (Wildman–Crippen LogP) is 4.71. The molecule has 30 heavy (non-hydrogen) atoms. The summed E-state index contributed by atoms with van der Waals surface area (Å²) in [4.78, 5) is 28.1. The number of methoxy groups -OCH3 is 1. The third kappa shape index (κ3) is 3.35. The van der Waals surface area contributed by atoms with Crippen molar-refractivity contribution in [3.8, 4) is 5.75 Å². The van der Waals surface area contributed by atoms with Crippen molar-refractivity contribution in [2.24, 2.45) is 0 Å². The summed E-state index contributed by atoms with van der Waals surface area (Å²) in [6.07, 6.45) is 0. The Hall–Kier alpha value is -3.86. The lowest BCUT2D eigenvalue weighted by Gasteiger charge is -2.16. The molecule has 0 bridgehead atoms. The van der Waals surface area contributed by atoms with E-state index in [1.807, 2.05) is 62.4 Å². The number of aryl methyl sites for hydroxylation is 1. The van der Waals surface area contributed by atoms with Gasteiger partial charge >= 0.3 is 0 Å². The fourth-order valence-electron chi connectivity index (χ4n) is 3.52. The van der Waals surface area contributed by atoms with Crippen molar-refractivity contribution in [2.75, 3.05) is 17.3 Å². The van der Waals surface area contributed by atoms with Crippen molar-refractivity contribution in [3.05, 3.63) is 95.2 Å². The van der Waals surface area contributed by atoms with Crippen LogP contribution in [0.2, 0.25) is 0 Å². The highest BCUT2D eigenvalue weighted by molar-refractivity contribution is 6.46. The molecule has 0 radical (unpaired) electrons. The maximum atomic E-state index is 13.4. The van der Waals surface area contributed by atoms with E-state index in [-0.39, 0.29) is 11.6 Å². The van der Waals surface area contributed by atoms with Gasteiger partial charge in [0.05, 0.1) is 18.4 Å². The molecule has 3 aromatic carbocycles. The molecular formula is C25H22N2O3. The Morgan fingerprint density at radius 2 is 1.57 bits per heavy atom. The number of carbonyl (C=O) groups excluding carboxylic acids is 2. The van der Waals surface area contributed by atoms with Crippen LogP contribution in [0.15, 0.2) is 78.5 Å². The SMILES string of the molecule is COc1cccc(N2C(=O)C(Nc3cccc(C)c3C)=C(c3ccccc3)C2=O)c1. The molecule has 0 unspecified atom stereocenters. The monoisotopic (exact) mass is 398 g/mol. The smallest absolute Gasteiger partial charge is 0.282 e. The van der Waals surface area contributed by atoms with Crippen molar-refractivity contribution in [1.29, 1.82) is 0 Å². The molecule has 0 atom stereocenters. The van der Waals surface area contributed by atoms with Gasteiger partial charge < -0.3 is 10.1 Å². The van der Waals surface area contributed by atoms with E-state index in [1.54, 1.807) is 31.4 Å². The zero-order valence-corrected chi connectivity index (χ0v) is 17.1. The van der Waals surface area contributed by atoms with Crippen molar-refractivity contribution in [1.82, 2.24) is 0 Å². The average Bonchev–Trinajstić information content (AvgIpc) is 3.01. The number of rotatable bonds is 5. The van der Waals surface area contributed by atoms with Crippen LogP contribution in [0.3, 0.4) is 0 Å². The number of carbonyl (C=O) groups is 2. The third-order valence-corrected chi connectivity index (χ3v) is 5.32. The Bertz CT molecular complexity index is 1170. The summed E-state index contributed by atoms with van der Waals surface area (Å²) in [5.41, 5.74) is 4.70. The highest BCUT2D eigenvalue weighted by Gasteiger charge is 2.40. The molecule has 5 heteroatoms. The summed E-state index contributed by atoms with van der Waals surface area (Å²) in [6, 6.07) is 22.0. The second-order valence-electron chi connectivity index (χ2n) is 7.14. The van der Waals surface area contributed by atoms with E-state index in [0.717, 1.165) is 16.8 Å². The highest BCUT2D eigenvalue weighted by Crippen LogP contribution is 2.35. The summed E-state index contributed by atoms with van der Waals surface area (Å²) in [5.74, 6) is -0.189. The maximum Gasteiger partial charge on any atom is 0.282 e. The molecule has 0 fully saturated rings. The Morgan fingerprint density at radius 1 is 0.833 bits per heavy atom. The van der Waals surface area contributed by atoms with Crippen LogP contribution in [0.5, 0.6) is 5.75 Å². The molecule has 3 aromatic rings. The van der Waals surface area contributed by atoms with Crippen molar-refractivity contribution in [3.63, 3.8) is 0 Å². The summed E-state index contributed by atoms with van der Waals surface area (Å²) in [6.45, 7) is 4.00. The number of nitrogens with one attached hydrogen (secondary N) is 1. The van der Waals surface area contributed by atoms with Gasteiger partial charge in [-0.25, -0.2) is 4.90 Å². The van der Waals surface area contributed by atoms with Gasteiger partial charge in [0.1, 0.15) is 11.4 Å². The lowest BCUT2D eigenvalue weighted by Crippen LogP contribution is -2.32. The van der Waals surface area contributed by atoms with Gasteiger partial charge in [-0.3, -0.25) is 9.59 Å². The summed E-state index contributed by atoms with van der Waals surface area (Å²) in [7, 11) is 1.55. The first-order valence-corrected chi connectivity index (χ1v) is 9.67. The number of hydrogen-bond donors (Lipinski definition) is 1. The first-order chi connectivity index (χ1) is 14.5. The number of nitrogens with zero attached hydrogens (tertiary/aromatic N) is 1. The van der Waals surface area contributed by atoms with E-state index in [2.05, 4.69) is 5.32 Å². The average molecular weight is 398 g/mol. The molecule has 0 saturated heterocycles. The molecule has 1 aliphatic heterocycles. The Labute approximate surface area is 175 Å². The minimum Gasteiger partial charge on any atom is -0.497 e. The zero-order chi connectivity index (χ0) is 21.3. The second-order valence-corrected chi connectivity index (χ2v) is 7.14. The molecule has 5 nitrogen and oxygen atoms in total. The van der Waals surface area contributed by atoms with Gasteiger partial charge in [-0.15, -0.1) is 0 Å². The Morgan fingerprint density at radius 3 is 2.30 bits per heavy atom. The van der Waals surface area contributed by atoms with E-state index < -0.39 is 5.91 Å². The normalized spacial score (nSPS) is 13.8. The van der Waals surface area contributed by atoms with E-state index >= 15 is 0 Å². The van der Waals surface area contributed by atoms with Crippen molar-refractivity contribution in [2.45, 2.75) is 13.8 Å². The van der Waals surface area contributed by atoms with Gasteiger partial charge in [0, 0.05) is 11.8 Å². The van der Waals surface area contributed by atoms with Crippen molar-refractivity contribution < 1.29 is 14.3 Å². The minimum absolute atomic E-state index is 0.266. The molecule has 4 rings (SSSR count). The van der Waals surface area contributed by atoms with E-state index in [4.69, 9.17) is 4.74 Å². The van der Waals surface area contributed by atoms with E-state index in [1.165, 1.54) is 4.90 Å². The van der Waals surface area contributed by atoms with Crippen molar-refractivity contribution >= 4 is 28.8 Å². The molecular weight excluding hydrogens is 376 g/mol. The highest BCUT2D eigenvalue weighted by atomic mass is 16.5. The predicted molar refractivity (Wildman–Crippen MR) is 118 cm³/mol. The van der Waals surface area contributed by atoms with Crippen LogP contribution >= 0.6 is 0 Å².